The van der Waals surface area contributed by atoms with E-state index in [1.54, 1.807) is 20.9 Å². The summed E-state index contributed by atoms with van der Waals surface area (Å²) in [6.45, 7) is 4.33. The van der Waals surface area contributed by atoms with Crippen molar-refractivity contribution in [2.75, 3.05) is 26.7 Å². The van der Waals surface area contributed by atoms with Crippen LogP contribution in [0.2, 0.25) is 0 Å². The van der Waals surface area contributed by atoms with Gasteiger partial charge in [0.05, 0.1) is 12.6 Å². The SMILES string of the molecule is CN1CCN([C@@H]2c3cc(S(=O)C(F)(F)F)ccc3OC(C)(C)[C@H]2O)C(=O)C1. The van der Waals surface area contributed by atoms with Crippen molar-refractivity contribution >= 4 is 16.7 Å². The first-order valence-electron chi connectivity index (χ1n) is 8.39. The van der Waals surface area contributed by atoms with E-state index < -0.39 is 39.0 Å². The molecule has 3 rings (SSSR count). The highest BCUT2D eigenvalue weighted by Gasteiger charge is 2.48. The standard InChI is InChI=1S/C17H21F3N2O4S/c1-16(2)15(24)14(22-7-6-21(3)9-13(22)23)11-8-10(4-5-12(11)26-16)27(25)17(18,19)20/h4-5,8,14-15,24H,6-7,9H2,1-3H3/t14-,15+,27?/m1/s1. The van der Waals surface area contributed by atoms with Crippen LogP contribution in [0.1, 0.15) is 25.5 Å². The number of benzene rings is 1. The zero-order valence-electron chi connectivity index (χ0n) is 15.1. The molecule has 1 saturated heterocycles. The number of carbonyl (C=O) groups excluding carboxylic acids is 1. The number of piperazine rings is 1. The van der Waals surface area contributed by atoms with Crippen molar-refractivity contribution in [3.63, 3.8) is 0 Å². The fourth-order valence-corrected chi connectivity index (χ4v) is 4.12. The minimum Gasteiger partial charge on any atom is -0.485 e. The van der Waals surface area contributed by atoms with Gasteiger partial charge in [0.2, 0.25) is 5.91 Å². The second-order valence-corrected chi connectivity index (χ2v) is 8.81. The van der Waals surface area contributed by atoms with E-state index in [9.17, 15) is 27.3 Å². The molecule has 150 valence electrons. The molecule has 0 radical (unpaired) electrons. The van der Waals surface area contributed by atoms with Gasteiger partial charge in [-0.2, -0.15) is 13.2 Å². The molecule has 1 N–H and O–H groups in total. The highest BCUT2D eigenvalue weighted by molar-refractivity contribution is 7.86. The quantitative estimate of drug-likeness (QED) is 0.809. The second-order valence-electron chi connectivity index (χ2n) is 7.33. The lowest BCUT2D eigenvalue weighted by molar-refractivity contribution is -0.149. The van der Waals surface area contributed by atoms with Gasteiger partial charge in [-0.15, -0.1) is 0 Å². The van der Waals surface area contributed by atoms with Gasteiger partial charge in [0, 0.05) is 23.5 Å². The largest absolute Gasteiger partial charge is 0.485 e. The van der Waals surface area contributed by atoms with Crippen LogP contribution in [-0.2, 0) is 15.6 Å². The zero-order valence-corrected chi connectivity index (χ0v) is 15.9. The zero-order chi connectivity index (χ0) is 20.1. The highest BCUT2D eigenvalue weighted by atomic mass is 32.2. The average molecular weight is 406 g/mol. The Morgan fingerprint density at radius 3 is 2.56 bits per heavy atom. The summed E-state index contributed by atoms with van der Waals surface area (Å²) >= 11 is 0. The Balaban J connectivity index is 2.08. The van der Waals surface area contributed by atoms with Crippen LogP contribution < -0.4 is 4.74 Å². The van der Waals surface area contributed by atoms with Gasteiger partial charge >= 0.3 is 5.51 Å². The number of amides is 1. The van der Waals surface area contributed by atoms with E-state index in [0.717, 1.165) is 12.1 Å². The van der Waals surface area contributed by atoms with E-state index >= 15 is 0 Å². The summed E-state index contributed by atoms with van der Waals surface area (Å²) in [6, 6.07) is 2.65. The minimum absolute atomic E-state index is 0.147. The molecule has 2 aliphatic heterocycles. The summed E-state index contributed by atoms with van der Waals surface area (Å²) in [5, 5.41) is 10.8. The number of fused-ring (bicyclic) bond motifs is 1. The number of alkyl halides is 3. The Labute approximate surface area is 157 Å². The molecule has 3 atom stereocenters. The summed E-state index contributed by atoms with van der Waals surface area (Å²) < 4.78 is 56.1. The van der Waals surface area contributed by atoms with Crippen LogP contribution in [0.15, 0.2) is 23.1 Å². The maximum Gasteiger partial charge on any atom is 0.475 e. The number of nitrogens with zero attached hydrogens (tertiary/aromatic N) is 2. The molecule has 0 bridgehead atoms. The lowest BCUT2D eigenvalue weighted by atomic mass is 9.85. The molecule has 27 heavy (non-hydrogen) atoms. The van der Waals surface area contributed by atoms with Crippen LogP contribution >= 0.6 is 0 Å². The fourth-order valence-electron chi connectivity index (χ4n) is 3.43. The number of likely N-dealkylation sites (N-methyl/N-ethyl adjacent to an activating group) is 1. The predicted octanol–water partition coefficient (Wildman–Crippen LogP) is 1.66. The summed E-state index contributed by atoms with van der Waals surface area (Å²) in [5.74, 6) is 0.0312. The summed E-state index contributed by atoms with van der Waals surface area (Å²) in [4.78, 5) is 15.4. The van der Waals surface area contributed by atoms with Gasteiger partial charge in [-0.3, -0.25) is 9.69 Å². The van der Waals surface area contributed by atoms with Crippen LogP contribution in [-0.4, -0.2) is 68.9 Å². The van der Waals surface area contributed by atoms with Crippen molar-refractivity contribution in [1.82, 2.24) is 9.80 Å². The lowest BCUT2D eigenvalue weighted by Gasteiger charge is -2.48. The molecule has 0 spiro atoms. The van der Waals surface area contributed by atoms with E-state index in [0.29, 0.717) is 13.1 Å². The minimum atomic E-state index is -4.90. The molecular formula is C17H21F3N2O4S. The van der Waals surface area contributed by atoms with Crippen LogP contribution in [0.5, 0.6) is 5.75 Å². The average Bonchev–Trinajstić information content (AvgIpc) is 2.55. The summed E-state index contributed by atoms with van der Waals surface area (Å²) in [6.07, 6.45) is -1.16. The van der Waals surface area contributed by atoms with Gasteiger partial charge in [0.1, 0.15) is 17.5 Å². The lowest BCUT2D eigenvalue weighted by Crippen LogP contribution is -2.58. The Kier molecular flexibility index (Phi) is 5.02. The normalized spacial score (nSPS) is 27.1. The van der Waals surface area contributed by atoms with E-state index in [-0.39, 0.29) is 23.8 Å². The molecule has 2 aliphatic rings. The molecule has 0 aromatic heterocycles. The molecule has 1 aromatic carbocycles. The Hall–Kier alpha value is -1.65. The van der Waals surface area contributed by atoms with E-state index in [2.05, 4.69) is 0 Å². The van der Waals surface area contributed by atoms with Gasteiger partial charge in [0.15, 0.2) is 10.8 Å². The van der Waals surface area contributed by atoms with E-state index in [1.807, 2.05) is 4.90 Å². The topological polar surface area (TPSA) is 70.1 Å². The van der Waals surface area contributed by atoms with Gasteiger partial charge in [-0.1, -0.05) is 0 Å². The molecular weight excluding hydrogens is 385 g/mol. The van der Waals surface area contributed by atoms with Crippen molar-refractivity contribution < 1.29 is 32.0 Å². The first-order valence-corrected chi connectivity index (χ1v) is 9.54. The molecule has 10 heteroatoms. The first kappa shape index (κ1) is 20.1. The maximum absolute atomic E-state index is 12.9. The first-order chi connectivity index (χ1) is 12.4. The monoisotopic (exact) mass is 406 g/mol. The van der Waals surface area contributed by atoms with Crippen LogP contribution in [0, 0.1) is 0 Å². The van der Waals surface area contributed by atoms with Gasteiger partial charge in [-0.05, 0) is 39.1 Å². The van der Waals surface area contributed by atoms with E-state index in [4.69, 9.17) is 4.74 Å². The number of hydrogen-bond acceptors (Lipinski definition) is 5. The van der Waals surface area contributed by atoms with Crippen molar-refractivity contribution in [2.24, 2.45) is 0 Å². The molecule has 1 unspecified atom stereocenters. The van der Waals surface area contributed by atoms with Crippen LogP contribution in [0.3, 0.4) is 0 Å². The third-order valence-electron chi connectivity index (χ3n) is 4.89. The predicted molar refractivity (Wildman–Crippen MR) is 91.6 cm³/mol. The third kappa shape index (κ3) is 3.70. The third-order valence-corrected chi connectivity index (χ3v) is 5.99. The van der Waals surface area contributed by atoms with Gasteiger partial charge < -0.3 is 14.7 Å². The Morgan fingerprint density at radius 1 is 1.30 bits per heavy atom. The number of rotatable bonds is 2. The number of halogens is 3. The van der Waals surface area contributed by atoms with Crippen molar-refractivity contribution in [2.45, 2.75) is 42.0 Å². The molecule has 6 nitrogen and oxygen atoms in total. The highest BCUT2D eigenvalue weighted by Crippen LogP contribution is 2.44. The second kappa shape index (κ2) is 6.75. The molecule has 0 aliphatic carbocycles. The van der Waals surface area contributed by atoms with Crippen LogP contribution in [0.4, 0.5) is 13.2 Å². The molecule has 2 heterocycles. The number of aliphatic hydroxyl groups excluding tert-OH is 1. The number of hydrogen-bond donors (Lipinski definition) is 1. The molecule has 1 aromatic rings. The number of aliphatic hydroxyl groups is 1. The summed E-state index contributed by atoms with van der Waals surface area (Å²) in [5.41, 5.74) is -5.72. The van der Waals surface area contributed by atoms with E-state index in [1.165, 1.54) is 11.0 Å². The molecule has 1 fully saturated rings. The van der Waals surface area contributed by atoms with Crippen molar-refractivity contribution in [3.8, 4) is 5.75 Å². The van der Waals surface area contributed by atoms with Gasteiger partial charge in [-0.25, -0.2) is 4.21 Å². The smallest absolute Gasteiger partial charge is 0.475 e. The van der Waals surface area contributed by atoms with Crippen molar-refractivity contribution in [3.05, 3.63) is 23.8 Å². The number of ether oxygens (including phenoxy) is 1. The molecule has 0 saturated carbocycles. The molecule has 1 amide bonds. The Bertz CT molecular complexity index is 784. The Morgan fingerprint density at radius 2 is 1.96 bits per heavy atom. The van der Waals surface area contributed by atoms with Crippen LogP contribution in [0.25, 0.3) is 0 Å². The fraction of sp³-hybridized carbons (Fsp3) is 0.588. The van der Waals surface area contributed by atoms with Gasteiger partial charge in [0.25, 0.3) is 0 Å². The number of carbonyl (C=O) groups is 1. The summed E-state index contributed by atoms with van der Waals surface area (Å²) in [7, 11) is -1.42. The maximum atomic E-state index is 12.9. The van der Waals surface area contributed by atoms with Crippen molar-refractivity contribution in [1.29, 1.82) is 0 Å².